The first-order valence-electron chi connectivity index (χ1n) is 22.2. The standard InChI is InChI=1S/C60H41BSi2/c1-5-22-42(23-6-1)62(43-24-7-2-8-25-43)56-37-20-19-36-54(56)61-55-40-52-50-34-17-15-32-48(50)46-30-13-14-31-47(46)49-33-16-18-35-51(49)53(52)41-59(55)63(44-26-9-3-10-27-44,45-28-11-4-12-29-45)58-39-21-38-57(62)60(58)61/h1-41H. The number of benzene rings is 10. The van der Waals surface area contributed by atoms with Crippen LogP contribution < -0.4 is 57.9 Å². The van der Waals surface area contributed by atoms with Crippen LogP contribution in [0.2, 0.25) is 0 Å². The van der Waals surface area contributed by atoms with Gasteiger partial charge in [0.25, 0.3) is 0 Å². The molecule has 3 aliphatic rings. The molecule has 0 spiro atoms. The van der Waals surface area contributed by atoms with Crippen molar-refractivity contribution < 1.29 is 0 Å². The van der Waals surface area contributed by atoms with E-state index in [9.17, 15) is 0 Å². The molecule has 0 amide bonds. The zero-order valence-electron chi connectivity index (χ0n) is 34.7. The van der Waals surface area contributed by atoms with Crippen molar-refractivity contribution in [1.29, 1.82) is 0 Å². The molecule has 0 fully saturated rings. The molecule has 0 N–H and O–H groups in total. The van der Waals surface area contributed by atoms with Gasteiger partial charge in [-0.3, -0.25) is 0 Å². The van der Waals surface area contributed by atoms with E-state index < -0.39 is 16.1 Å². The van der Waals surface area contributed by atoms with Crippen LogP contribution in [0.3, 0.4) is 0 Å². The van der Waals surface area contributed by atoms with Gasteiger partial charge in [-0.25, -0.2) is 0 Å². The third-order valence-electron chi connectivity index (χ3n) is 14.6. The van der Waals surface area contributed by atoms with Crippen LogP contribution in [0.15, 0.2) is 249 Å². The Labute approximate surface area is 372 Å². The van der Waals surface area contributed by atoms with Gasteiger partial charge in [-0.05, 0) is 86.0 Å². The van der Waals surface area contributed by atoms with Crippen molar-refractivity contribution >= 4 is 80.7 Å². The van der Waals surface area contributed by atoms with Crippen molar-refractivity contribution in [2.24, 2.45) is 0 Å². The number of rotatable bonds is 4. The fourth-order valence-corrected chi connectivity index (χ4v) is 22.9. The molecule has 0 nitrogen and oxygen atoms in total. The molecule has 2 heterocycles. The van der Waals surface area contributed by atoms with Gasteiger partial charge >= 0.3 is 0 Å². The van der Waals surface area contributed by atoms with E-state index >= 15 is 0 Å². The summed E-state index contributed by atoms with van der Waals surface area (Å²) in [5.41, 5.74) is 14.7. The molecule has 0 aromatic heterocycles. The highest BCUT2D eigenvalue weighted by molar-refractivity contribution is 7.32. The SMILES string of the molecule is c1ccc([Si]2(c3ccccc3)c3ccccc3B3c4cc5c(cc4[Si](c4ccccc4)(c4ccccc4)c4cccc2c43)-c2ccccc2-c2ccccc2-c2ccccc2-5)cc1. The highest BCUT2D eigenvalue weighted by atomic mass is 28.3. The molecule has 0 bridgehead atoms. The Morgan fingerprint density at radius 3 is 0.968 bits per heavy atom. The highest BCUT2D eigenvalue weighted by Crippen LogP contribution is 2.47. The molecule has 10 aromatic rings. The lowest BCUT2D eigenvalue weighted by molar-refractivity contribution is 1.53. The summed E-state index contributed by atoms with van der Waals surface area (Å²) >= 11 is 0. The van der Waals surface area contributed by atoms with Crippen LogP contribution >= 0.6 is 0 Å². The second kappa shape index (κ2) is 14.1. The van der Waals surface area contributed by atoms with E-state index in [1.165, 1.54) is 102 Å². The van der Waals surface area contributed by atoms with Crippen molar-refractivity contribution in [2.45, 2.75) is 0 Å². The van der Waals surface area contributed by atoms with Gasteiger partial charge in [0.05, 0.1) is 0 Å². The van der Waals surface area contributed by atoms with Crippen molar-refractivity contribution in [1.82, 2.24) is 0 Å². The molecule has 292 valence electrons. The van der Waals surface area contributed by atoms with Gasteiger partial charge in [0.2, 0.25) is 6.71 Å². The van der Waals surface area contributed by atoms with Crippen LogP contribution in [-0.2, 0) is 0 Å². The average Bonchev–Trinajstić information content (AvgIpc) is 3.37. The summed E-state index contributed by atoms with van der Waals surface area (Å²) in [5.74, 6) is 0. The largest absolute Gasteiger partial charge is 0.240 e. The predicted molar refractivity (Wildman–Crippen MR) is 274 cm³/mol. The van der Waals surface area contributed by atoms with Gasteiger partial charge in [0.15, 0.2) is 16.1 Å². The maximum atomic E-state index is 2.69. The molecule has 0 atom stereocenters. The maximum absolute atomic E-state index is 3.07. The molecule has 0 radical (unpaired) electrons. The van der Waals surface area contributed by atoms with Crippen LogP contribution in [0.25, 0.3) is 44.5 Å². The summed E-state index contributed by atoms with van der Waals surface area (Å²) in [5, 5.41) is 11.7. The molecule has 10 aromatic carbocycles. The fourth-order valence-electron chi connectivity index (χ4n) is 12.2. The lowest BCUT2D eigenvalue weighted by atomic mass is 9.36. The van der Waals surface area contributed by atoms with Gasteiger partial charge in [0.1, 0.15) is 0 Å². The summed E-state index contributed by atoms with van der Waals surface area (Å²) < 4.78 is 0. The smallest absolute Gasteiger partial charge is 0.0683 e. The first-order valence-corrected chi connectivity index (χ1v) is 26.2. The van der Waals surface area contributed by atoms with E-state index in [1.807, 2.05) is 0 Å². The Kier molecular flexibility index (Phi) is 8.15. The minimum absolute atomic E-state index is 0.0360. The third-order valence-corrected chi connectivity index (χ3v) is 24.3. The lowest BCUT2D eigenvalue weighted by Gasteiger charge is -2.50. The Bertz CT molecular complexity index is 3320. The summed E-state index contributed by atoms with van der Waals surface area (Å²) in [6, 6.07) is 96.0. The Morgan fingerprint density at radius 2 is 0.540 bits per heavy atom. The molecule has 0 unspecified atom stereocenters. The molecule has 13 rings (SSSR count). The molecule has 0 saturated heterocycles. The van der Waals surface area contributed by atoms with E-state index in [2.05, 4.69) is 249 Å². The Hall–Kier alpha value is -7.30. The van der Waals surface area contributed by atoms with Crippen molar-refractivity contribution in [3.63, 3.8) is 0 Å². The summed E-state index contributed by atoms with van der Waals surface area (Å²) in [7, 11) is -5.95. The molecule has 1 aliphatic carbocycles. The zero-order valence-corrected chi connectivity index (χ0v) is 36.7. The van der Waals surface area contributed by atoms with Gasteiger partial charge in [-0.1, -0.05) is 265 Å². The molecular formula is C60H41BSi2. The topological polar surface area (TPSA) is 0 Å². The predicted octanol–water partition coefficient (Wildman–Crippen LogP) is 6.57. The second-order valence-electron chi connectivity index (χ2n) is 17.4. The Morgan fingerprint density at radius 1 is 0.222 bits per heavy atom. The van der Waals surface area contributed by atoms with E-state index in [0.717, 1.165) is 0 Å². The Balaban J connectivity index is 1.25. The van der Waals surface area contributed by atoms with Gasteiger partial charge in [0, 0.05) is 0 Å². The summed E-state index contributed by atoms with van der Waals surface area (Å²) in [4.78, 5) is 0. The van der Waals surface area contributed by atoms with Crippen molar-refractivity contribution in [3.05, 3.63) is 249 Å². The van der Waals surface area contributed by atoms with Crippen LogP contribution in [0.1, 0.15) is 0 Å². The van der Waals surface area contributed by atoms with Gasteiger partial charge in [-0.2, -0.15) is 0 Å². The third kappa shape index (κ3) is 4.98. The highest BCUT2D eigenvalue weighted by Gasteiger charge is 2.57. The number of hydrogen-bond donors (Lipinski definition) is 0. The average molecular weight is 829 g/mol. The lowest BCUT2D eigenvalue weighted by Crippen LogP contribution is -2.95. The zero-order chi connectivity index (χ0) is 41.5. The first kappa shape index (κ1) is 36.4. The molecule has 0 saturated carbocycles. The van der Waals surface area contributed by atoms with E-state index in [-0.39, 0.29) is 6.71 Å². The van der Waals surface area contributed by atoms with Crippen LogP contribution in [0, 0.1) is 0 Å². The minimum Gasteiger partial charge on any atom is -0.0683 e. The van der Waals surface area contributed by atoms with Crippen LogP contribution in [-0.4, -0.2) is 22.9 Å². The van der Waals surface area contributed by atoms with Gasteiger partial charge in [-0.15, -0.1) is 0 Å². The second-order valence-corrected chi connectivity index (χ2v) is 24.8. The first-order chi connectivity index (χ1) is 31.3. The van der Waals surface area contributed by atoms with Crippen LogP contribution in [0.4, 0.5) is 0 Å². The molecule has 63 heavy (non-hydrogen) atoms. The van der Waals surface area contributed by atoms with Crippen LogP contribution in [0.5, 0.6) is 0 Å². The van der Waals surface area contributed by atoms with E-state index in [1.54, 1.807) is 0 Å². The fraction of sp³-hybridized carbons (Fsp3) is 0. The normalized spacial score (nSPS) is 14.3. The number of hydrogen-bond acceptors (Lipinski definition) is 0. The molecule has 3 heteroatoms. The quantitative estimate of drug-likeness (QED) is 0.177. The minimum atomic E-state index is -3.07. The monoisotopic (exact) mass is 828 g/mol. The maximum Gasteiger partial charge on any atom is 0.240 e. The van der Waals surface area contributed by atoms with Crippen molar-refractivity contribution in [3.8, 4) is 44.5 Å². The molecular weight excluding hydrogens is 788 g/mol. The van der Waals surface area contributed by atoms with E-state index in [0.29, 0.717) is 0 Å². The summed E-state index contributed by atoms with van der Waals surface area (Å²) in [6.45, 7) is 0.0360. The number of fused-ring (bicyclic) bond motifs is 12. The molecule has 2 aliphatic heterocycles. The van der Waals surface area contributed by atoms with Crippen molar-refractivity contribution in [2.75, 3.05) is 0 Å². The van der Waals surface area contributed by atoms with E-state index in [4.69, 9.17) is 0 Å². The van der Waals surface area contributed by atoms with Gasteiger partial charge < -0.3 is 0 Å². The summed E-state index contributed by atoms with van der Waals surface area (Å²) in [6.07, 6.45) is 0.